The van der Waals surface area contributed by atoms with E-state index in [1.165, 1.54) is 5.01 Å². The minimum Gasteiger partial charge on any atom is -0.267 e. The summed E-state index contributed by atoms with van der Waals surface area (Å²) in [4.78, 5) is 24.2. The Hall–Kier alpha value is -1.68. The fraction of sp³-hybridized carbons (Fsp3) is 0.333. The summed E-state index contributed by atoms with van der Waals surface area (Å²) in [6, 6.07) is 5.41. The van der Waals surface area contributed by atoms with Crippen LogP contribution in [0.3, 0.4) is 0 Å². The van der Waals surface area contributed by atoms with E-state index in [4.69, 9.17) is 0 Å². The third-order valence-corrected chi connectivity index (χ3v) is 3.22. The van der Waals surface area contributed by atoms with Crippen LogP contribution in [-0.4, -0.2) is 34.9 Å². The Kier molecular flexibility index (Phi) is 1.88. The molecule has 0 aromatic heterocycles. The monoisotopic (exact) mass is 216 g/mol. The molecule has 1 fully saturated rings. The fourth-order valence-electron chi connectivity index (χ4n) is 2.20. The van der Waals surface area contributed by atoms with Gasteiger partial charge in [-0.05, 0) is 25.0 Å². The SMILES string of the molecule is Cc1cccc2c1C(=O)N(N1CCC1)C2=O. The highest BCUT2D eigenvalue weighted by molar-refractivity contribution is 6.21. The zero-order valence-corrected chi connectivity index (χ0v) is 9.06. The van der Waals surface area contributed by atoms with Crippen LogP contribution in [0.4, 0.5) is 0 Å². The number of carbonyl (C=O) groups is 2. The molecule has 2 aliphatic rings. The number of amides is 2. The number of hydrogen-bond donors (Lipinski definition) is 0. The summed E-state index contributed by atoms with van der Waals surface area (Å²) < 4.78 is 0. The lowest BCUT2D eigenvalue weighted by Crippen LogP contribution is -2.53. The highest BCUT2D eigenvalue weighted by atomic mass is 16.2. The van der Waals surface area contributed by atoms with E-state index in [1.54, 1.807) is 6.07 Å². The maximum absolute atomic E-state index is 12.1. The molecule has 0 spiro atoms. The number of rotatable bonds is 1. The molecule has 1 aromatic carbocycles. The van der Waals surface area contributed by atoms with E-state index >= 15 is 0 Å². The molecule has 4 nitrogen and oxygen atoms in total. The molecule has 2 heterocycles. The number of benzene rings is 1. The molecule has 1 saturated heterocycles. The van der Waals surface area contributed by atoms with E-state index in [1.807, 2.05) is 24.1 Å². The van der Waals surface area contributed by atoms with Gasteiger partial charge in [0, 0.05) is 13.1 Å². The number of nitrogens with zero attached hydrogens (tertiary/aromatic N) is 2. The molecule has 2 aliphatic heterocycles. The molecule has 82 valence electrons. The van der Waals surface area contributed by atoms with Crippen molar-refractivity contribution in [1.29, 1.82) is 0 Å². The highest BCUT2D eigenvalue weighted by Gasteiger charge is 2.41. The van der Waals surface area contributed by atoms with Crippen LogP contribution in [0, 0.1) is 6.92 Å². The van der Waals surface area contributed by atoms with Crippen LogP contribution in [0.15, 0.2) is 18.2 Å². The van der Waals surface area contributed by atoms with Gasteiger partial charge in [-0.3, -0.25) is 9.59 Å². The molecule has 16 heavy (non-hydrogen) atoms. The number of carbonyl (C=O) groups excluding carboxylic acids is 2. The molecule has 3 rings (SSSR count). The van der Waals surface area contributed by atoms with Crippen LogP contribution in [-0.2, 0) is 0 Å². The molecule has 0 radical (unpaired) electrons. The summed E-state index contributed by atoms with van der Waals surface area (Å²) in [6.45, 7) is 3.46. The second kappa shape index (κ2) is 3.15. The van der Waals surface area contributed by atoms with Gasteiger partial charge in [0.15, 0.2) is 0 Å². The van der Waals surface area contributed by atoms with E-state index < -0.39 is 0 Å². The first-order chi connectivity index (χ1) is 7.70. The Bertz CT molecular complexity index is 492. The number of fused-ring (bicyclic) bond motifs is 1. The van der Waals surface area contributed by atoms with Crippen molar-refractivity contribution < 1.29 is 9.59 Å². The van der Waals surface area contributed by atoms with E-state index in [0.29, 0.717) is 11.1 Å². The van der Waals surface area contributed by atoms with Gasteiger partial charge in [-0.2, -0.15) is 0 Å². The molecule has 0 aliphatic carbocycles. The molecular formula is C12H12N2O2. The minimum atomic E-state index is -0.177. The molecule has 0 bridgehead atoms. The second-order valence-electron chi connectivity index (χ2n) is 4.23. The standard InChI is InChI=1S/C12H12N2O2/c1-8-4-2-5-9-10(8)12(16)14(11(9)15)13-6-3-7-13/h2,4-5H,3,6-7H2,1H3. The van der Waals surface area contributed by atoms with Gasteiger partial charge >= 0.3 is 0 Å². The lowest BCUT2D eigenvalue weighted by Gasteiger charge is -2.36. The fourth-order valence-corrected chi connectivity index (χ4v) is 2.20. The first-order valence-corrected chi connectivity index (χ1v) is 5.43. The molecule has 4 heteroatoms. The molecule has 0 saturated carbocycles. The normalized spacial score (nSPS) is 19.9. The first-order valence-electron chi connectivity index (χ1n) is 5.43. The quantitative estimate of drug-likeness (QED) is 0.662. The highest BCUT2D eigenvalue weighted by Crippen LogP contribution is 2.28. The van der Waals surface area contributed by atoms with Gasteiger partial charge in [0.1, 0.15) is 0 Å². The van der Waals surface area contributed by atoms with Crippen LogP contribution < -0.4 is 0 Å². The Morgan fingerprint density at radius 2 is 1.88 bits per heavy atom. The molecule has 0 N–H and O–H groups in total. The summed E-state index contributed by atoms with van der Waals surface area (Å²) in [5.41, 5.74) is 1.98. The zero-order valence-electron chi connectivity index (χ0n) is 9.06. The maximum atomic E-state index is 12.1. The van der Waals surface area contributed by atoms with E-state index in [9.17, 15) is 9.59 Å². The number of aryl methyl sites for hydroxylation is 1. The molecule has 0 atom stereocenters. The van der Waals surface area contributed by atoms with Gasteiger partial charge in [-0.1, -0.05) is 12.1 Å². The van der Waals surface area contributed by atoms with Crippen LogP contribution in [0.5, 0.6) is 0 Å². The van der Waals surface area contributed by atoms with Crippen molar-refractivity contribution >= 4 is 11.8 Å². The van der Waals surface area contributed by atoms with Gasteiger partial charge in [0.2, 0.25) is 0 Å². The predicted octanol–water partition coefficient (Wildman–Crippen LogP) is 1.21. The zero-order chi connectivity index (χ0) is 11.3. The van der Waals surface area contributed by atoms with E-state index in [2.05, 4.69) is 0 Å². The smallest absolute Gasteiger partial charge is 0.267 e. The topological polar surface area (TPSA) is 40.6 Å². The molecule has 1 aromatic rings. The summed E-state index contributed by atoms with van der Waals surface area (Å²) in [5, 5.41) is 3.10. The Morgan fingerprint density at radius 1 is 1.12 bits per heavy atom. The van der Waals surface area contributed by atoms with Gasteiger partial charge in [0.05, 0.1) is 11.1 Å². The predicted molar refractivity (Wildman–Crippen MR) is 57.9 cm³/mol. The lowest BCUT2D eigenvalue weighted by molar-refractivity contribution is -0.0284. The van der Waals surface area contributed by atoms with Gasteiger partial charge in [0.25, 0.3) is 11.8 Å². The van der Waals surface area contributed by atoms with Crippen molar-refractivity contribution in [1.82, 2.24) is 10.0 Å². The average Bonchev–Trinajstić information content (AvgIpc) is 2.42. The number of imide groups is 1. The molecular weight excluding hydrogens is 204 g/mol. The second-order valence-corrected chi connectivity index (χ2v) is 4.23. The first kappa shape index (κ1) is 9.54. The number of hydrogen-bond acceptors (Lipinski definition) is 3. The Balaban J connectivity index is 2.09. The number of hydrazine groups is 1. The van der Waals surface area contributed by atoms with Crippen molar-refractivity contribution in [3.63, 3.8) is 0 Å². The summed E-state index contributed by atoms with van der Waals surface area (Å²) in [6.07, 6.45) is 1.05. The van der Waals surface area contributed by atoms with Crippen LogP contribution >= 0.6 is 0 Å². The van der Waals surface area contributed by atoms with Crippen molar-refractivity contribution in [3.05, 3.63) is 34.9 Å². The minimum absolute atomic E-state index is 0.169. The summed E-state index contributed by atoms with van der Waals surface area (Å²) in [5.74, 6) is -0.346. The van der Waals surface area contributed by atoms with Gasteiger partial charge in [-0.15, -0.1) is 0 Å². The van der Waals surface area contributed by atoms with Crippen molar-refractivity contribution in [3.8, 4) is 0 Å². The van der Waals surface area contributed by atoms with Gasteiger partial charge in [-0.25, -0.2) is 10.0 Å². The van der Waals surface area contributed by atoms with Crippen LogP contribution in [0.25, 0.3) is 0 Å². The summed E-state index contributed by atoms with van der Waals surface area (Å²) >= 11 is 0. The van der Waals surface area contributed by atoms with Crippen molar-refractivity contribution in [2.45, 2.75) is 13.3 Å². The van der Waals surface area contributed by atoms with E-state index in [-0.39, 0.29) is 11.8 Å². The molecule has 0 unspecified atom stereocenters. The molecule has 2 amide bonds. The van der Waals surface area contributed by atoms with Gasteiger partial charge < -0.3 is 0 Å². The van der Waals surface area contributed by atoms with Crippen LogP contribution in [0.2, 0.25) is 0 Å². The third-order valence-electron chi connectivity index (χ3n) is 3.22. The summed E-state index contributed by atoms with van der Waals surface area (Å²) in [7, 11) is 0. The largest absolute Gasteiger partial charge is 0.276 e. The lowest BCUT2D eigenvalue weighted by atomic mass is 10.0. The average molecular weight is 216 g/mol. The third kappa shape index (κ3) is 1.08. The Labute approximate surface area is 93.4 Å². The van der Waals surface area contributed by atoms with Crippen molar-refractivity contribution in [2.75, 3.05) is 13.1 Å². The Morgan fingerprint density at radius 3 is 2.44 bits per heavy atom. The van der Waals surface area contributed by atoms with E-state index in [0.717, 1.165) is 25.1 Å². The van der Waals surface area contributed by atoms with Crippen LogP contribution in [0.1, 0.15) is 32.7 Å². The maximum Gasteiger partial charge on any atom is 0.276 e. The van der Waals surface area contributed by atoms with Crippen molar-refractivity contribution in [2.24, 2.45) is 0 Å².